The lowest BCUT2D eigenvalue weighted by Gasteiger charge is -2.36. The summed E-state index contributed by atoms with van der Waals surface area (Å²) in [6, 6.07) is 4.01. The summed E-state index contributed by atoms with van der Waals surface area (Å²) in [6.45, 7) is 14.2. The van der Waals surface area contributed by atoms with Crippen molar-refractivity contribution in [3.63, 3.8) is 0 Å². The van der Waals surface area contributed by atoms with Crippen LogP contribution in [0, 0.1) is 0 Å². The number of amides is 1. The zero-order valence-corrected chi connectivity index (χ0v) is 24.1. The molecule has 4 heterocycles. The fourth-order valence-corrected chi connectivity index (χ4v) is 5.58. The van der Waals surface area contributed by atoms with Crippen LogP contribution in [-0.2, 0) is 4.74 Å². The highest BCUT2D eigenvalue weighted by molar-refractivity contribution is 5.93. The van der Waals surface area contributed by atoms with E-state index in [4.69, 9.17) is 24.2 Å². The van der Waals surface area contributed by atoms with Crippen molar-refractivity contribution < 1.29 is 19.0 Å². The van der Waals surface area contributed by atoms with Gasteiger partial charge in [-0.15, -0.1) is 0 Å². The number of nitrogens with zero attached hydrogens (tertiary/aromatic N) is 6. The van der Waals surface area contributed by atoms with Gasteiger partial charge in [0.2, 0.25) is 5.95 Å². The third-order valence-corrected chi connectivity index (χ3v) is 7.64. The van der Waals surface area contributed by atoms with Crippen molar-refractivity contribution in [2.45, 2.75) is 58.5 Å². The largest absolute Gasteiger partial charge is 0.493 e. The number of rotatable bonds is 8. The Morgan fingerprint density at radius 3 is 2.23 bits per heavy atom. The van der Waals surface area contributed by atoms with Crippen molar-refractivity contribution in [1.82, 2.24) is 19.8 Å². The molecule has 0 unspecified atom stereocenters. The Kier molecular flexibility index (Phi) is 8.49. The minimum atomic E-state index is -0.508. The number of piperazine rings is 1. The summed E-state index contributed by atoms with van der Waals surface area (Å²) in [5, 5.41) is 0.935. The zero-order chi connectivity index (χ0) is 27.4. The maximum Gasteiger partial charge on any atom is 0.410 e. The van der Waals surface area contributed by atoms with E-state index in [1.165, 1.54) is 25.9 Å². The van der Waals surface area contributed by atoms with Gasteiger partial charge in [0.25, 0.3) is 0 Å². The highest BCUT2D eigenvalue weighted by Gasteiger charge is 2.28. The summed E-state index contributed by atoms with van der Waals surface area (Å²) in [6.07, 6.45) is 5.63. The minimum absolute atomic E-state index is 0.263. The van der Waals surface area contributed by atoms with Gasteiger partial charge < -0.3 is 33.8 Å². The van der Waals surface area contributed by atoms with Gasteiger partial charge in [-0.25, -0.2) is 9.78 Å². The molecule has 0 bridgehead atoms. The quantitative estimate of drug-likeness (QED) is 0.458. The average molecular weight is 541 g/mol. The topological polar surface area (TPSA) is 83.5 Å². The van der Waals surface area contributed by atoms with Crippen molar-refractivity contribution >= 4 is 28.8 Å². The monoisotopic (exact) mass is 540 g/mol. The molecule has 1 amide bonds. The third kappa shape index (κ3) is 6.77. The summed E-state index contributed by atoms with van der Waals surface area (Å²) >= 11 is 0. The lowest BCUT2D eigenvalue weighted by molar-refractivity contribution is 0.0240. The van der Waals surface area contributed by atoms with E-state index in [-0.39, 0.29) is 6.09 Å². The van der Waals surface area contributed by atoms with Crippen LogP contribution in [-0.4, -0.2) is 104 Å². The van der Waals surface area contributed by atoms with Gasteiger partial charge in [-0.2, -0.15) is 4.98 Å². The first-order valence-corrected chi connectivity index (χ1v) is 14.5. The number of hydrogen-bond donors (Lipinski definition) is 0. The number of carbonyl (C=O) groups is 1. The fourth-order valence-electron chi connectivity index (χ4n) is 5.58. The van der Waals surface area contributed by atoms with E-state index >= 15 is 0 Å². The molecule has 3 aliphatic heterocycles. The van der Waals surface area contributed by atoms with E-state index in [2.05, 4.69) is 14.7 Å². The smallest absolute Gasteiger partial charge is 0.410 e. The van der Waals surface area contributed by atoms with Gasteiger partial charge in [-0.1, -0.05) is 0 Å². The number of carbonyl (C=O) groups excluding carboxylic acids is 1. The zero-order valence-electron chi connectivity index (χ0n) is 24.1. The highest BCUT2D eigenvalue weighted by Crippen LogP contribution is 2.37. The van der Waals surface area contributed by atoms with Gasteiger partial charge in [-0.3, -0.25) is 0 Å². The molecule has 0 radical (unpaired) electrons. The molecular weight excluding hydrogens is 496 g/mol. The van der Waals surface area contributed by atoms with Crippen LogP contribution in [0.25, 0.3) is 10.9 Å². The highest BCUT2D eigenvalue weighted by atomic mass is 16.6. The number of likely N-dealkylation sites (tertiary alicyclic amines) is 1. The van der Waals surface area contributed by atoms with Gasteiger partial charge in [-0.05, 0) is 72.0 Å². The molecule has 0 atom stereocenters. The van der Waals surface area contributed by atoms with E-state index in [0.29, 0.717) is 38.5 Å². The molecule has 10 heteroatoms. The third-order valence-electron chi connectivity index (χ3n) is 7.64. The molecule has 39 heavy (non-hydrogen) atoms. The summed E-state index contributed by atoms with van der Waals surface area (Å²) in [5.41, 5.74) is 0.346. The van der Waals surface area contributed by atoms with Crippen molar-refractivity contribution in [3.05, 3.63) is 12.1 Å². The Hall–Kier alpha value is -3.01. The number of methoxy groups -OCH3 is 1. The van der Waals surface area contributed by atoms with Gasteiger partial charge in [0, 0.05) is 57.3 Å². The molecule has 3 saturated heterocycles. The van der Waals surface area contributed by atoms with Gasteiger partial charge in [0.05, 0.1) is 19.2 Å². The fraction of sp³-hybridized carbons (Fsp3) is 0.690. The number of ether oxygens (including phenoxy) is 3. The molecule has 3 aliphatic rings. The minimum Gasteiger partial charge on any atom is -0.493 e. The van der Waals surface area contributed by atoms with E-state index in [1.807, 2.05) is 32.9 Å². The number of hydrogen-bond acceptors (Lipinski definition) is 9. The number of fused-ring (bicyclic) bond motifs is 1. The molecule has 10 nitrogen and oxygen atoms in total. The van der Waals surface area contributed by atoms with Crippen molar-refractivity contribution in [3.8, 4) is 11.5 Å². The first kappa shape index (κ1) is 27.6. The molecule has 0 N–H and O–H groups in total. The Balaban J connectivity index is 1.37. The predicted octanol–water partition coefficient (Wildman–Crippen LogP) is 4.16. The Morgan fingerprint density at radius 1 is 0.872 bits per heavy atom. The van der Waals surface area contributed by atoms with E-state index in [1.54, 1.807) is 12.0 Å². The van der Waals surface area contributed by atoms with Crippen LogP contribution >= 0.6 is 0 Å². The predicted molar refractivity (Wildman–Crippen MR) is 153 cm³/mol. The van der Waals surface area contributed by atoms with Crippen LogP contribution in [0.2, 0.25) is 0 Å². The molecule has 0 aliphatic carbocycles. The first-order chi connectivity index (χ1) is 18.8. The molecule has 1 aromatic heterocycles. The lowest BCUT2D eigenvalue weighted by Crippen LogP contribution is -2.50. The second-order valence-electron chi connectivity index (χ2n) is 11.8. The summed E-state index contributed by atoms with van der Waals surface area (Å²) < 4.78 is 17.6. The number of anilines is 2. The van der Waals surface area contributed by atoms with E-state index < -0.39 is 5.60 Å². The number of aromatic nitrogens is 2. The average Bonchev–Trinajstić information content (AvgIpc) is 3.64. The Morgan fingerprint density at radius 2 is 1.56 bits per heavy atom. The molecule has 214 valence electrons. The van der Waals surface area contributed by atoms with Crippen LogP contribution < -0.4 is 19.3 Å². The second-order valence-corrected chi connectivity index (χ2v) is 11.8. The Labute approximate surface area is 232 Å². The lowest BCUT2D eigenvalue weighted by atomic mass is 10.1. The molecule has 3 fully saturated rings. The normalized spacial score (nSPS) is 18.7. The van der Waals surface area contributed by atoms with Gasteiger partial charge in [0.1, 0.15) is 11.4 Å². The molecule has 0 spiro atoms. The number of benzene rings is 1. The molecule has 1 aromatic carbocycles. The Bertz CT molecular complexity index is 1130. The SMILES string of the molecule is COc1cc2c(N3CCN(C(=O)OC(C)(C)C)CC3)nc(N3CCCC3)nc2cc1OCCCN1CCCC1. The van der Waals surface area contributed by atoms with Crippen LogP contribution in [0.15, 0.2) is 12.1 Å². The maximum absolute atomic E-state index is 12.6. The van der Waals surface area contributed by atoms with Crippen LogP contribution in [0.3, 0.4) is 0 Å². The van der Waals surface area contributed by atoms with E-state index in [9.17, 15) is 4.79 Å². The summed E-state index contributed by atoms with van der Waals surface area (Å²) in [5.74, 6) is 3.05. The summed E-state index contributed by atoms with van der Waals surface area (Å²) in [4.78, 5) is 31.5. The molecule has 0 saturated carbocycles. The molecular formula is C29H44N6O4. The van der Waals surface area contributed by atoms with Crippen LogP contribution in [0.5, 0.6) is 11.5 Å². The van der Waals surface area contributed by atoms with Crippen molar-refractivity contribution in [2.24, 2.45) is 0 Å². The van der Waals surface area contributed by atoms with Crippen molar-refractivity contribution in [2.75, 3.05) is 82.4 Å². The molecule has 5 rings (SSSR count). The van der Waals surface area contributed by atoms with Crippen molar-refractivity contribution in [1.29, 1.82) is 0 Å². The van der Waals surface area contributed by atoms with Gasteiger partial charge in [0.15, 0.2) is 11.5 Å². The van der Waals surface area contributed by atoms with Crippen LogP contribution in [0.1, 0.15) is 52.9 Å². The van der Waals surface area contributed by atoms with Gasteiger partial charge >= 0.3 is 6.09 Å². The van der Waals surface area contributed by atoms with Crippen LogP contribution in [0.4, 0.5) is 16.6 Å². The summed E-state index contributed by atoms with van der Waals surface area (Å²) in [7, 11) is 1.68. The standard InChI is InChI=1S/C29H44N6O4/c1-29(2,3)39-28(36)35-17-15-33(16-18-35)26-22-20-24(37-4)25(38-19-9-12-32-10-5-6-11-32)21-23(22)30-27(31-26)34-13-7-8-14-34/h20-21H,5-19H2,1-4H3. The van der Waals surface area contributed by atoms with E-state index in [0.717, 1.165) is 67.3 Å². The first-order valence-electron chi connectivity index (χ1n) is 14.5. The maximum atomic E-state index is 12.6. The second kappa shape index (κ2) is 12.0. The molecule has 2 aromatic rings.